The summed E-state index contributed by atoms with van der Waals surface area (Å²) in [6, 6.07) is 13.1. The van der Waals surface area contributed by atoms with Crippen molar-refractivity contribution in [2.75, 3.05) is 7.05 Å². The molecule has 0 spiro atoms. The molecular formula is C20H21N5O4. The van der Waals surface area contributed by atoms with Crippen LogP contribution in [-0.4, -0.2) is 32.3 Å². The van der Waals surface area contributed by atoms with Gasteiger partial charge in [0.1, 0.15) is 12.4 Å². The van der Waals surface area contributed by atoms with Crippen LogP contribution in [0.5, 0.6) is 0 Å². The number of nitro benzene ring substituents is 1. The lowest BCUT2D eigenvalue weighted by molar-refractivity contribution is -0.384. The van der Waals surface area contributed by atoms with E-state index in [1.165, 1.54) is 16.7 Å². The van der Waals surface area contributed by atoms with E-state index in [2.05, 4.69) is 4.98 Å². The van der Waals surface area contributed by atoms with E-state index in [9.17, 15) is 19.7 Å². The third kappa shape index (κ3) is 4.30. The van der Waals surface area contributed by atoms with Crippen LogP contribution in [0.25, 0.3) is 10.9 Å². The Labute approximate surface area is 166 Å². The van der Waals surface area contributed by atoms with Crippen LogP contribution in [0.15, 0.2) is 53.3 Å². The molecule has 1 heterocycles. The molecule has 3 rings (SSSR count). The average Bonchev–Trinajstić information content (AvgIpc) is 2.70. The van der Waals surface area contributed by atoms with Gasteiger partial charge in [-0.05, 0) is 31.7 Å². The lowest BCUT2D eigenvalue weighted by atomic mass is 10.1. The number of fused-ring (bicyclic) bond motifs is 1. The number of rotatable bonds is 7. The van der Waals surface area contributed by atoms with Gasteiger partial charge in [-0.2, -0.15) is 0 Å². The van der Waals surface area contributed by atoms with E-state index in [1.54, 1.807) is 36.4 Å². The highest BCUT2D eigenvalue weighted by Crippen LogP contribution is 2.24. The van der Waals surface area contributed by atoms with E-state index < -0.39 is 10.8 Å². The van der Waals surface area contributed by atoms with Gasteiger partial charge < -0.3 is 5.73 Å². The summed E-state index contributed by atoms with van der Waals surface area (Å²) in [4.78, 5) is 41.4. The van der Waals surface area contributed by atoms with E-state index in [-0.39, 0.29) is 30.4 Å². The standard InChI is InChI=1S/C20H21N5O4/c1-13(14-6-5-7-15(10-14)25(28)29)23(2)12-19-22-17-9-4-3-8-16(17)20(27)24(19)11-18(21)26/h3-10,13H,11-12H2,1-2H3,(H2,21,26)/t13-/m0/s1. The second-order valence-electron chi connectivity index (χ2n) is 6.85. The highest BCUT2D eigenvalue weighted by molar-refractivity contribution is 5.78. The van der Waals surface area contributed by atoms with Crippen LogP contribution >= 0.6 is 0 Å². The number of aromatic nitrogens is 2. The first kappa shape index (κ1) is 20.2. The molecular weight excluding hydrogens is 374 g/mol. The Bertz CT molecular complexity index is 1140. The Morgan fingerprint density at radius 1 is 1.28 bits per heavy atom. The van der Waals surface area contributed by atoms with E-state index in [4.69, 9.17) is 5.73 Å². The Morgan fingerprint density at radius 2 is 2.00 bits per heavy atom. The number of hydrogen-bond donors (Lipinski definition) is 1. The van der Waals surface area contributed by atoms with Gasteiger partial charge in [0.25, 0.3) is 11.2 Å². The molecule has 0 radical (unpaired) electrons. The summed E-state index contributed by atoms with van der Waals surface area (Å²) in [6.45, 7) is 1.87. The third-order valence-electron chi connectivity index (χ3n) is 4.87. The number of primary amides is 1. The van der Waals surface area contributed by atoms with Gasteiger partial charge >= 0.3 is 0 Å². The number of nitro groups is 1. The number of para-hydroxylation sites is 1. The van der Waals surface area contributed by atoms with Crippen LogP contribution in [-0.2, 0) is 17.9 Å². The van der Waals surface area contributed by atoms with Crippen molar-refractivity contribution in [2.45, 2.75) is 26.1 Å². The Hall–Kier alpha value is -3.59. The predicted molar refractivity (Wildman–Crippen MR) is 108 cm³/mol. The minimum atomic E-state index is -0.639. The van der Waals surface area contributed by atoms with Crippen LogP contribution in [0.3, 0.4) is 0 Å². The van der Waals surface area contributed by atoms with Crippen molar-refractivity contribution in [3.05, 3.63) is 80.4 Å². The van der Waals surface area contributed by atoms with Crippen molar-refractivity contribution in [3.63, 3.8) is 0 Å². The van der Waals surface area contributed by atoms with E-state index >= 15 is 0 Å². The minimum absolute atomic E-state index is 0.0113. The molecule has 1 aromatic heterocycles. The van der Waals surface area contributed by atoms with Gasteiger partial charge in [-0.25, -0.2) is 4.98 Å². The first-order chi connectivity index (χ1) is 13.8. The van der Waals surface area contributed by atoms with Crippen molar-refractivity contribution in [1.82, 2.24) is 14.5 Å². The number of hydrogen-bond acceptors (Lipinski definition) is 6. The highest BCUT2D eigenvalue weighted by atomic mass is 16.6. The summed E-state index contributed by atoms with van der Waals surface area (Å²) in [7, 11) is 1.82. The molecule has 0 unspecified atom stereocenters. The smallest absolute Gasteiger partial charge is 0.269 e. The van der Waals surface area contributed by atoms with Crippen molar-refractivity contribution in [3.8, 4) is 0 Å². The van der Waals surface area contributed by atoms with Crippen LogP contribution in [0, 0.1) is 10.1 Å². The van der Waals surface area contributed by atoms with E-state index in [0.29, 0.717) is 16.7 Å². The monoisotopic (exact) mass is 395 g/mol. The first-order valence-electron chi connectivity index (χ1n) is 8.99. The van der Waals surface area contributed by atoms with Crippen molar-refractivity contribution >= 4 is 22.5 Å². The normalized spacial score (nSPS) is 12.2. The Balaban J connectivity index is 1.98. The van der Waals surface area contributed by atoms with Crippen molar-refractivity contribution in [2.24, 2.45) is 5.73 Å². The fraction of sp³-hybridized carbons (Fsp3) is 0.250. The molecule has 2 aromatic carbocycles. The average molecular weight is 395 g/mol. The van der Waals surface area contributed by atoms with Gasteiger partial charge in [-0.15, -0.1) is 0 Å². The number of nitrogens with zero attached hydrogens (tertiary/aromatic N) is 4. The number of benzene rings is 2. The zero-order valence-electron chi connectivity index (χ0n) is 16.1. The molecule has 0 fully saturated rings. The van der Waals surface area contributed by atoms with Gasteiger partial charge in [-0.3, -0.25) is 29.2 Å². The van der Waals surface area contributed by atoms with Gasteiger partial charge in [0.05, 0.1) is 22.4 Å². The minimum Gasteiger partial charge on any atom is -0.368 e. The van der Waals surface area contributed by atoms with E-state index in [0.717, 1.165) is 5.56 Å². The number of carbonyl (C=O) groups excluding carboxylic acids is 1. The van der Waals surface area contributed by atoms with Crippen LogP contribution in [0.1, 0.15) is 24.4 Å². The third-order valence-corrected chi connectivity index (χ3v) is 4.87. The maximum Gasteiger partial charge on any atom is 0.269 e. The molecule has 3 aromatic rings. The molecule has 9 nitrogen and oxygen atoms in total. The molecule has 29 heavy (non-hydrogen) atoms. The van der Waals surface area contributed by atoms with Gasteiger partial charge in [0.15, 0.2) is 0 Å². The summed E-state index contributed by atoms with van der Waals surface area (Å²) < 4.78 is 1.28. The van der Waals surface area contributed by atoms with Crippen LogP contribution < -0.4 is 11.3 Å². The second-order valence-corrected chi connectivity index (χ2v) is 6.85. The molecule has 9 heteroatoms. The number of amides is 1. The SMILES string of the molecule is C[C@@H](c1cccc([N+](=O)[O-])c1)N(C)Cc1nc2ccccc2c(=O)n1CC(N)=O. The zero-order chi connectivity index (χ0) is 21.1. The van der Waals surface area contributed by atoms with Crippen LogP contribution in [0.4, 0.5) is 5.69 Å². The number of carbonyl (C=O) groups is 1. The lowest BCUT2D eigenvalue weighted by Crippen LogP contribution is -2.34. The van der Waals surface area contributed by atoms with Gasteiger partial charge in [0.2, 0.25) is 5.91 Å². The summed E-state index contributed by atoms with van der Waals surface area (Å²) in [6.07, 6.45) is 0. The maximum absolute atomic E-state index is 12.8. The second kappa shape index (κ2) is 8.19. The van der Waals surface area contributed by atoms with Crippen LogP contribution in [0.2, 0.25) is 0 Å². The zero-order valence-corrected chi connectivity index (χ0v) is 16.1. The highest BCUT2D eigenvalue weighted by Gasteiger charge is 2.19. The fourth-order valence-electron chi connectivity index (χ4n) is 3.17. The van der Waals surface area contributed by atoms with Gasteiger partial charge in [0, 0.05) is 18.2 Å². The lowest BCUT2D eigenvalue weighted by Gasteiger charge is -2.26. The molecule has 0 saturated heterocycles. The molecule has 2 N–H and O–H groups in total. The quantitative estimate of drug-likeness (QED) is 0.482. The largest absolute Gasteiger partial charge is 0.368 e. The predicted octanol–water partition coefficient (Wildman–Crippen LogP) is 1.98. The molecule has 1 atom stereocenters. The van der Waals surface area contributed by atoms with Crippen molar-refractivity contribution < 1.29 is 9.72 Å². The molecule has 150 valence electrons. The summed E-state index contributed by atoms with van der Waals surface area (Å²) in [5.74, 6) is -0.243. The van der Waals surface area contributed by atoms with Crippen molar-refractivity contribution in [1.29, 1.82) is 0 Å². The summed E-state index contributed by atoms with van der Waals surface area (Å²) in [5.41, 5.74) is 6.30. The number of nitrogens with two attached hydrogens (primary N) is 1. The molecule has 0 aliphatic rings. The summed E-state index contributed by atoms with van der Waals surface area (Å²) >= 11 is 0. The van der Waals surface area contributed by atoms with E-state index in [1.807, 2.05) is 18.9 Å². The molecule has 0 aliphatic carbocycles. The molecule has 0 aliphatic heterocycles. The Kier molecular flexibility index (Phi) is 5.69. The first-order valence-corrected chi connectivity index (χ1v) is 8.99. The molecule has 0 saturated carbocycles. The Morgan fingerprint density at radius 3 is 2.69 bits per heavy atom. The summed E-state index contributed by atoms with van der Waals surface area (Å²) in [5, 5.41) is 11.5. The number of non-ortho nitro benzene ring substituents is 1. The molecule has 1 amide bonds. The maximum atomic E-state index is 12.8. The molecule has 0 bridgehead atoms. The topological polar surface area (TPSA) is 124 Å². The fourth-order valence-corrected chi connectivity index (χ4v) is 3.17. The van der Waals surface area contributed by atoms with Gasteiger partial charge in [-0.1, -0.05) is 24.3 Å².